The Kier molecular flexibility index (Phi) is 6.49. The Labute approximate surface area is 201 Å². The van der Waals surface area contributed by atoms with Crippen LogP contribution < -0.4 is 10.6 Å². The Morgan fingerprint density at radius 2 is 1.62 bits per heavy atom. The molecule has 172 valence electrons. The summed E-state index contributed by atoms with van der Waals surface area (Å²) < 4.78 is 25.1. The van der Waals surface area contributed by atoms with E-state index in [0.717, 1.165) is 11.9 Å². The van der Waals surface area contributed by atoms with Gasteiger partial charge < -0.3 is 10.6 Å². The molecule has 0 fully saturated rings. The van der Waals surface area contributed by atoms with Crippen molar-refractivity contribution in [2.45, 2.75) is 4.90 Å². The largest absolute Gasteiger partial charge is 0.322 e. The van der Waals surface area contributed by atoms with Gasteiger partial charge in [0.1, 0.15) is 0 Å². The first-order chi connectivity index (χ1) is 16.2. The summed E-state index contributed by atoms with van der Waals surface area (Å²) in [6, 6.07) is 19.1. The molecule has 3 aromatic carbocycles. The monoisotopic (exact) mass is 494 g/mol. The number of amides is 2. The van der Waals surface area contributed by atoms with Crippen molar-refractivity contribution in [3.8, 4) is 5.69 Å². The van der Waals surface area contributed by atoms with Gasteiger partial charge in [-0.1, -0.05) is 17.7 Å². The number of sulfone groups is 1. The maximum atomic E-state index is 12.6. The van der Waals surface area contributed by atoms with Gasteiger partial charge in [-0.25, -0.2) is 13.1 Å². The molecule has 2 amide bonds. The zero-order valence-corrected chi connectivity index (χ0v) is 19.5. The molecule has 10 heteroatoms. The van der Waals surface area contributed by atoms with Crippen LogP contribution in [0.3, 0.4) is 0 Å². The molecule has 8 nitrogen and oxygen atoms in total. The van der Waals surface area contributed by atoms with Crippen molar-refractivity contribution in [3.05, 3.63) is 101 Å². The van der Waals surface area contributed by atoms with E-state index in [1.165, 1.54) is 30.3 Å². The van der Waals surface area contributed by atoms with Crippen molar-refractivity contribution >= 4 is 44.6 Å². The van der Waals surface area contributed by atoms with E-state index in [0.29, 0.717) is 16.9 Å². The minimum Gasteiger partial charge on any atom is -0.322 e. The Morgan fingerprint density at radius 3 is 2.26 bits per heavy atom. The molecule has 1 heterocycles. The predicted octanol–water partition coefficient (Wildman–Crippen LogP) is 4.43. The van der Waals surface area contributed by atoms with Crippen LogP contribution in [0.4, 0.5) is 11.4 Å². The number of nitrogens with zero attached hydrogens (tertiary/aromatic N) is 2. The van der Waals surface area contributed by atoms with E-state index < -0.39 is 15.7 Å². The molecule has 0 atom stereocenters. The van der Waals surface area contributed by atoms with Gasteiger partial charge >= 0.3 is 0 Å². The van der Waals surface area contributed by atoms with Gasteiger partial charge in [-0.15, -0.1) is 0 Å². The quantitative estimate of drug-likeness (QED) is 0.412. The number of rotatable bonds is 6. The summed E-state index contributed by atoms with van der Waals surface area (Å²) in [6.07, 6.45) is 4.55. The topological polar surface area (TPSA) is 110 Å². The number of hydrogen-bond donors (Lipinski definition) is 2. The highest BCUT2D eigenvalue weighted by Crippen LogP contribution is 2.27. The molecule has 0 aliphatic heterocycles. The lowest BCUT2D eigenvalue weighted by atomic mass is 10.2. The molecule has 2 N–H and O–H groups in total. The van der Waals surface area contributed by atoms with E-state index in [-0.39, 0.29) is 21.4 Å². The minimum atomic E-state index is -3.44. The van der Waals surface area contributed by atoms with Crippen molar-refractivity contribution in [1.29, 1.82) is 0 Å². The lowest BCUT2D eigenvalue weighted by Crippen LogP contribution is -2.14. The molecule has 0 unspecified atom stereocenters. The second-order valence-electron chi connectivity index (χ2n) is 7.40. The zero-order chi connectivity index (χ0) is 24.3. The van der Waals surface area contributed by atoms with Crippen LogP contribution in [0, 0.1) is 0 Å². The van der Waals surface area contributed by atoms with E-state index in [9.17, 15) is 18.0 Å². The van der Waals surface area contributed by atoms with Crippen molar-refractivity contribution in [3.63, 3.8) is 0 Å². The number of nitrogens with one attached hydrogen (secondary N) is 2. The first kappa shape index (κ1) is 23.2. The fourth-order valence-corrected chi connectivity index (χ4v) is 4.04. The normalized spacial score (nSPS) is 11.1. The standard InChI is InChI=1S/C24H19ClN4O4S/c1-34(32,33)20-5-2-4-17(14-20)24(31)28-22-11-8-18(15-21(22)25)27-23(30)16-6-9-19(10-7-16)29-13-3-12-26-29/h2-15H,1H3,(H,27,30)(H,28,31). The third kappa shape index (κ3) is 5.33. The first-order valence-corrected chi connectivity index (χ1v) is 12.3. The summed E-state index contributed by atoms with van der Waals surface area (Å²) in [5.41, 5.74) is 2.22. The Hall–Kier alpha value is -3.95. The Bertz CT molecular complexity index is 1470. The molecule has 34 heavy (non-hydrogen) atoms. The van der Waals surface area contributed by atoms with Gasteiger partial charge in [-0.05, 0) is 66.7 Å². The van der Waals surface area contributed by atoms with Gasteiger partial charge in [0.15, 0.2) is 9.84 Å². The molecule has 0 saturated carbocycles. The Morgan fingerprint density at radius 1 is 0.882 bits per heavy atom. The molecule has 0 spiro atoms. The fourth-order valence-electron chi connectivity index (χ4n) is 3.15. The van der Waals surface area contributed by atoms with E-state index in [2.05, 4.69) is 15.7 Å². The molecule has 1 aromatic heterocycles. The van der Waals surface area contributed by atoms with E-state index in [1.807, 2.05) is 6.07 Å². The highest BCUT2D eigenvalue weighted by molar-refractivity contribution is 7.90. The number of carbonyl (C=O) groups is 2. The summed E-state index contributed by atoms with van der Waals surface area (Å²) in [5.74, 6) is -0.834. The molecule has 4 rings (SSSR count). The van der Waals surface area contributed by atoms with Gasteiger partial charge in [0.05, 0.1) is 21.3 Å². The van der Waals surface area contributed by atoms with Gasteiger partial charge in [-0.2, -0.15) is 5.10 Å². The van der Waals surface area contributed by atoms with Gasteiger partial charge in [-0.3, -0.25) is 9.59 Å². The van der Waals surface area contributed by atoms with Crippen LogP contribution in [-0.4, -0.2) is 36.3 Å². The number of carbonyl (C=O) groups excluding carboxylic acids is 2. The third-order valence-corrected chi connectivity index (χ3v) is 6.32. The first-order valence-electron chi connectivity index (χ1n) is 10.0. The number of hydrogen-bond acceptors (Lipinski definition) is 5. The second-order valence-corrected chi connectivity index (χ2v) is 9.82. The van der Waals surface area contributed by atoms with Crippen LogP contribution >= 0.6 is 11.6 Å². The summed E-state index contributed by atoms with van der Waals surface area (Å²) in [6.45, 7) is 0. The highest BCUT2D eigenvalue weighted by Gasteiger charge is 2.14. The predicted molar refractivity (Wildman–Crippen MR) is 130 cm³/mol. The number of benzene rings is 3. The van der Waals surface area contributed by atoms with Gasteiger partial charge in [0, 0.05) is 35.5 Å². The van der Waals surface area contributed by atoms with E-state index in [1.54, 1.807) is 53.5 Å². The fraction of sp³-hybridized carbons (Fsp3) is 0.0417. The molecule has 0 bridgehead atoms. The van der Waals surface area contributed by atoms with Crippen LogP contribution in [0.1, 0.15) is 20.7 Å². The number of aromatic nitrogens is 2. The van der Waals surface area contributed by atoms with Gasteiger partial charge in [0.2, 0.25) is 0 Å². The van der Waals surface area contributed by atoms with Crippen LogP contribution in [0.25, 0.3) is 5.69 Å². The third-order valence-electron chi connectivity index (χ3n) is 4.90. The SMILES string of the molecule is CS(=O)(=O)c1cccc(C(=O)Nc2ccc(NC(=O)c3ccc(-n4cccn4)cc3)cc2Cl)c1. The van der Waals surface area contributed by atoms with E-state index >= 15 is 0 Å². The number of anilines is 2. The molecular weight excluding hydrogens is 476 g/mol. The average molecular weight is 495 g/mol. The zero-order valence-electron chi connectivity index (χ0n) is 17.9. The maximum Gasteiger partial charge on any atom is 0.255 e. The van der Waals surface area contributed by atoms with Crippen LogP contribution in [0.2, 0.25) is 5.02 Å². The second kappa shape index (κ2) is 9.50. The van der Waals surface area contributed by atoms with Crippen molar-refractivity contribution < 1.29 is 18.0 Å². The maximum absolute atomic E-state index is 12.6. The minimum absolute atomic E-state index is 0.0435. The molecule has 0 radical (unpaired) electrons. The molecule has 0 saturated heterocycles. The van der Waals surface area contributed by atoms with Gasteiger partial charge in [0.25, 0.3) is 11.8 Å². The number of halogens is 1. The Balaban J connectivity index is 1.44. The average Bonchev–Trinajstić information content (AvgIpc) is 3.35. The smallest absolute Gasteiger partial charge is 0.255 e. The lowest BCUT2D eigenvalue weighted by Gasteiger charge is -2.11. The summed E-state index contributed by atoms with van der Waals surface area (Å²) in [5, 5.41) is 9.77. The van der Waals surface area contributed by atoms with Crippen LogP contribution in [0.15, 0.2) is 90.1 Å². The molecular formula is C24H19ClN4O4S. The lowest BCUT2D eigenvalue weighted by molar-refractivity contribution is 0.101. The van der Waals surface area contributed by atoms with E-state index in [4.69, 9.17) is 11.6 Å². The van der Waals surface area contributed by atoms with Crippen LogP contribution in [-0.2, 0) is 9.84 Å². The molecule has 0 aliphatic carbocycles. The van der Waals surface area contributed by atoms with Crippen molar-refractivity contribution in [1.82, 2.24) is 9.78 Å². The molecule has 0 aliphatic rings. The summed E-state index contributed by atoms with van der Waals surface area (Å²) in [7, 11) is -3.44. The molecule has 4 aromatic rings. The van der Waals surface area contributed by atoms with Crippen molar-refractivity contribution in [2.75, 3.05) is 16.9 Å². The van der Waals surface area contributed by atoms with Crippen LogP contribution in [0.5, 0.6) is 0 Å². The summed E-state index contributed by atoms with van der Waals surface area (Å²) in [4.78, 5) is 25.2. The van der Waals surface area contributed by atoms with Crippen molar-refractivity contribution in [2.24, 2.45) is 0 Å². The highest BCUT2D eigenvalue weighted by atomic mass is 35.5. The summed E-state index contributed by atoms with van der Waals surface area (Å²) >= 11 is 6.30.